The molecule has 108 valence electrons. The van der Waals surface area contributed by atoms with Crippen molar-refractivity contribution in [1.82, 2.24) is 9.78 Å². The van der Waals surface area contributed by atoms with Crippen molar-refractivity contribution in [1.29, 1.82) is 0 Å². The van der Waals surface area contributed by atoms with Gasteiger partial charge in [0.15, 0.2) is 0 Å². The number of hydrogen-bond acceptors (Lipinski definition) is 4. The average Bonchev–Trinajstić information content (AvgIpc) is 2.66. The van der Waals surface area contributed by atoms with Crippen LogP contribution in [0.2, 0.25) is 5.02 Å². The number of benzene rings is 1. The fourth-order valence-corrected chi connectivity index (χ4v) is 3.46. The van der Waals surface area contributed by atoms with E-state index in [1.54, 1.807) is 32.3 Å². The molecule has 0 amide bonds. The third-order valence-corrected chi connectivity index (χ3v) is 4.63. The molecule has 0 aliphatic rings. The van der Waals surface area contributed by atoms with Crippen LogP contribution in [-0.4, -0.2) is 18.2 Å². The second kappa shape index (κ2) is 5.43. The number of nitrogens with one attached hydrogen (secondary N) is 1. The highest BCUT2D eigenvalue weighted by Gasteiger charge is 2.20. The van der Waals surface area contributed by atoms with Gasteiger partial charge in [-0.2, -0.15) is 5.10 Å². The Hall–Kier alpha value is -1.57. The number of rotatable bonds is 4. The largest absolute Gasteiger partial charge is 0.326 e. The maximum absolute atomic E-state index is 12.3. The predicted octanol–water partition coefficient (Wildman–Crippen LogP) is 1.64. The minimum atomic E-state index is -3.75. The number of hydrogen-bond donors (Lipinski definition) is 2. The summed E-state index contributed by atoms with van der Waals surface area (Å²) in [5.41, 5.74) is 7.27. The van der Waals surface area contributed by atoms with Gasteiger partial charge in [-0.25, -0.2) is 8.42 Å². The van der Waals surface area contributed by atoms with Gasteiger partial charge in [0.2, 0.25) is 0 Å². The van der Waals surface area contributed by atoms with Crippen LogP contribution in [0.4, 0.5) is 5.69 Å². The monoisotopic (exact) mass is 314 g/mol. The molecule has 0 aliphatic heterocycles. The molecule has 0 saturated heterocycles. The van der Waals surface area contributed by atoms with Crippen molar-refractivity contribution in [3.8, 4) is 0 Å². The Morgan fingerprint density at radius 1 is 1.45 bits per heavy atom. The van der Waals surface area contributed by atoms with E-state index in [0.717, 1.165) is 5.56 Å². The summed E-state index contributed by atoms with van der Waals surface area (Å²) in [7, 11) is -2.04. The number of nitrogens with two attached hydrogens (primary N) is 1. The normalized spacial score (nSPS) is 11.6. The third-order valence-electron chi connectivity index (χ3n) is 2.78. The van der Waals surface area contributed by atoms with Crippen LogP contribution < -0.4 is 10.5 Å². The van der Waals surface area contributed by atoms with Crippen LogP contribution in [0, 0.1) is 6.92 Å². The maximum atomic E-state index is 12.3. The first kappa shape index (κ1) is 14.8. The zero-order valence-corrected chi connectivity index (χ0v) is 12.7. The third kappa shape index (κ3) is 2.95. The Bertz CT molecular complexity index is 740. The Kier molecular flexibility index (Phi) is 4.03. The molecule has 1 aromatic carbocycles. The van der Waals surface area contributed by atoms with Crippen LogP contribution in [0.25, 0.3) is 0 Å². The van der Waals surface area contributed by atoms with Crippen molar-refractivity contribution in [3.63, 3.8) is 0 Å². The van der Waals surface area contributed by atoms with Crippen molar-refractivity contribution >= 4 is 27.3 Å². The lowest BCUT2D eigenvalue weighted by molar-refractivity contribution is 0.601. The highest BCUT2D eigenvalue weighted by molar-refractivity contribution is 7.92. The first-order valence-corrected chi connectivity index (χ1v) is 7.71. The lowest BCUT2D eigenvalue weighted by Crippen LogP contribution is -2.14. The Morgan fingerprint density at radius 2 is 2.15 bits per heavy atom. The number of aryl methyl sites for hydroxylation is 2. The topological polar surface area (TPSA) is 90.0 Å². The zero-order chi connectivity index (χ0) is 14.9. The molecule has 0 spiro atoms. The molecule has 2 aromatic rings. The number of nitrogens with zero attached hydrogens (tertiary/aromatic N) is 2. The molecule has 6 nitrogen and oxygen atoms in total. The van der Waals surface area contributed by atoms with Gasteiger partial charge in [-0.15, -0.1) is 0 Å². The minimum absolute atomic E-state index is 0.0135. The van der Waals surface area contributed by atoms with Gasteiger partial charge in [0.1, 0.15) is 4.90 Å². The summed E-state index contributed by atoms with van der Waals surface area (Å²) in [5.74, 6) is 0. The van der Waals surface area contributed by atoms with E-state index >= 15 is 0 Å². The molecule has 1 aromatic heterocycles. The van der Waals surface area contributed by atoms with Crippen LogP contribution in [0.3, 0.4) is 0 Å². The van der Waals surface area contributed by atoms with E-state index in [-0.39, 0.29) is 9.92 Å². The van der Waals surface area contributed by atoms with E-state index in [9.17, 15) is 8.42 Å². The molecule has 0 radical (unpaired) electrons. The second-order valence-electron chi connectivity index (χ2n) is 4.38. The first-order chi connectivity index (χ1) is 9.33. The SMILES string of the molecule is Cc1nn(C)cc1NS(=O)(=O)c1ccc(CN)cc1Cl. The number of anilines is 1. The molecule has 20 heavy (non-hydrogen) atoms. The van der Waals surface area contributed by atoms with Crippen LogP contribution >= 0.6 is 11.6 Å². The lowest BCUT2D eigenvalue weighted by atomic mass is 10.2. The summed E-state index contributed by atoms with van der Waals surface area (Å²) >= 11 is 6.01. The van der Waals surface area contributed by atoms with Gasteiger partial charge >= 0.3 is 0 Å². The molecule has 2 rings (SSSR count). The molecular formula is C12H15ClN4O2S. The summed E-state index contributed by atoms with van der Waals surface area (Å²) in [5, 5.41) is 4.22. The van der Waals surface area contributed by atoms with Gasteiger partial charge < -0.3 is 5.73 Å². The van der Waals surface area contributed by atoms with E-state index in [1.807, 2.05) is 0 Å². The van der Waals surface area contributed by atoms with Crippen molar-refractivity contribution in [2.24, 2.45) is 12.8 Å². The van der Waals surface area contributed by atoms with E-state index in [4.69, 9.17) is 17.3 Å². The zero-order valence-electron chi connectivity index (χ0n) is 11.1. The Morgan fingerprint density at radius 3 is 2.65 bits per heavy atom. The van der Waals surface area contributed by atoms with Gasteiger partial charge in [-0.3, -0.25) is 9.40 Å². The maximum Gasteiger partial charge on any atom is 0.263 e. The Balaban J connectivity index is 2.38. The summed E-state index contributed by atoms with van der Waals surface area (Å²) in [6.45, 7) is 2.02. The fourth-order valence-electron chi connectivity index (χ4n) is 1.79. The van der Waals surface area contributed by atoms with Gasteiger partial charge in [0.05, 0.1) is 16.4 Å². The van der Waals surface area contributed by atoms with Crippen LogP contribution in [0.1, 0.15) is 11.3 Å². The fraction of sp³-hybridized carbons (Fsp3) is 0.250. The van der Waals surface area contributed by atoms with Crippen molar-refractivity contribution in [3.05, 3.63) is 40.7 Å². The highest BCUT2D eigenvalue weighted by Crippen LogP contribution is 2.25. The van der Waals surface area contributed by atoms with Gasteiger partial charge in [0, 0.05) is 19.8 Å². The lowest BCUT2D eigenvalue weighted by Gasteiger charge is -2.09. The van der Waals surface area contributed by atoms with Gasteiger partial charge in [0.25, 0.3) is 10.0 Å². The smallest absolute Gasteiger partial charge is 0.263 e. The molecule has 0 fully saturated rings. The van der Waals surface area contributed by atoms with E-state index in [2.05, 4.69) is 9.82 Å². The Labute approximate surface area is 122 Å². The van der Waals surface area contributed by atoms with Crippen LogP contribution in [0.15, 0.2) is 29.3 Å². The average molecular weight is 315 g/mol. The number of sulfonamides is 1. The van der Waals surface area contributed by atoms with Crippen molar-refractivity contribution in [2.45, 2.75) is 18.4 Å². The number of halogens is 1. The molecule has 1 heterocycles. The second-order valence-corrected chi connectivity index (χ2v) is 6.43. The molecule has 0 unspecified atom stereocenters. The summed E-state index contributed by atoms with van der Waals surface area (Å²) < 4.78 is 28.6. The molecular weight excluding hydrogens is 300 g/mol. The van der Waals surface area contributed by atoms with Crippen LogP contribution in [-0.2, 0) is 23.6 Å². The van der Waals surface area contributed by atoms with Gasteiger partial charge in [-0.1, -0.05) is 17.7 Å². The highest BCUT2D eigenvalue weighted by atomic mass is 35.5. The van der Waals surface area contributed by atoms with Gasteiger partial charge in [-0.05, 0) is 24.6 Å². The number of aromatic nitrogens is 2. The first-order valence-electron chi connectivity index (χ1n) is 5.85. The molecule has 8 heteroatoms. The van der Waals surface area contributed by atoms with Crippen molar-refractivity contribution < 1.29 is 8.42 Å². The van der Waals surface area contributed by atoms with Crippen LogP contribution in [0.5, 0.6) is 0 Å². The van der Waals surface area contributed by atoms with E-state index in [1.165, 1.54) is 10.7 Å². The van der Waals surface area contributed by atoms with E-state index in [0.29, 0.717) is 17.9 Å². The standard InChI is InChI=1S/C12H15ClN4O2S/c1-8-11(7-17(2)15-8)16-20(18,19)12-4-3-9(6-14)5-10(12)13/h3-5,7,16H,6,14H2,1-2H3. The van der Waals surface area contributed by atoms with E-state index < -0.39 is 10.0 Å². The summed E-state index contributed by atoms with van der Waals surface area (Å²) in [4.78, 5) is 0.0135. The summed E-state index contributed by atoms with van der Waals surface area (Å²) in [6, 6.07) is 4.63. The predicted molar refractivity (Wildman–Crippen MR) is 78.1 cm³/mol. The molecule has 0 bridgehead atoms. The quantitative estimate of drug-likeness (QED) is 0.897. The van der Waals surface area contributed by atoms with Crippen molar-refractivity contribution in [2.75, 3.05) is 4.72 Å². The minimum Gasteiger partial charge on any atom is -0.326 e. The summed E-state index contributed by atoms with van der Waals surface area (Å²) in [6.07, 6.45) is 1.59. The molecule has 0 saturated carbocycles. The molecule has 0 aliphatic carbocycles. The molecule has 0 atom stereocenters. The molecule has 3 N–H and O–H groups in total.